The molecule has 1 fully saturated rings. The van der Waals surface area contributed by atoms with E-state index in [4.69, 9.17) is 0 Å². The van der Waals surface area contributed by atoms with E-state index in [2.05, 4.69) is 31.1 Å². The van der Waals surface area contributed by atoms with Gasteiger partial charge in [-0.2, -0.15) is 0 Å². The molecular formula is C21H26N2O2S. The molecule has 2 aliphatic rings. The Hall–Kier alpha value is -1.85. The number of hydrogen-bond acceptors (Lipinski definition) is 4. The van der Waals surface area contributed by atoms with E-state index in [9.17, 15) is 8.42 Å². The molecule has 1 saturated heterocycles. The molecule has 5 heteroatoms. The van der Waals surface area contributed by atoms with Crippen molar-refractivity contribution in [2.45, 2.75) is 60.5 Å². The number of likely N-dealkylation sites (N-methyl/N-ethyl adjacent to an activating group) is 1. The fourth-order valence-corrected chi connectivity index (χ4v) is 6.00. The lowest BCUT2D eigenvalue weighted by molar-refractivity contribution is 0.466. The maximum atomic E-state index is 13.0. The quantitative estimate of drug-likeness (QED) is 0.878. The molecule has 2 aromatic carbocycles. The van der Waals surface area contributed by atoms with Gasteiger partial charge < -0.3 is 10.2 Å². The van der Waals surface area contributed by atoms with E-state index < -0.39 is 9.84 Å². The van der Waals surface area contributed by atoms with Crippen molar-refractivity contribution in [2.75, 3.05) is 11.9 Å². The van der Waals surface area contributed by atoms with Gasteiger partial charge in [0.25, 0.3) is 0 Å². The van der Waals surface area contributed by atoms with Crippen molar-refractivity contribution in [1.82, 2.24) is 5.32 Å². The van der Waals surface area contributed by atoms with Crippen LogP contribution in [0, 0.1) is 0 Å². The Balaban J connectivity index is 1.78. The number of nitrogens with one attached hydrogen (secondary N) is 1. The van der Waals surface area contributed by atoms with Crippen LogP contribution in [-0.4, -0.2) is 33.6 Å². The lowest BCUT2D eigenvalue weighted by Gasteiger charge is -2.26. The third-order valence-electron chi connectivity index (χ3n) is 5.88. The molecule has 2 aliphatic heterocycles. The molecule has 0 saturated carbocycles. The van der Waals surface area contributed by atoms with Gasteiger partial charge >= 0.3 is 0 Å². The summed E-state index contributed by atoms with van der Waals surface area (Å²) in [4.78, 5) is 3.09. The second-order valence-corrected chi connectivity index (χ2v) is 9.71. The zero-order valence-electron chi connectivity index (χ0n) is 15.5. The molecule has 1 N–H and O–H groups in total. The number of hydrogen-bond donors (Lipinski definition) is 1. The van der Waals surface area contributed by atoms with E-state index in [-0.39, 0.29) is 0 Å². The van der Waals surface area contributed by atoms with E-state index in [0.29, 0.717) is 33.8 Å². The molecule has 0 radical (unpaired) electrons. The molecule has 26 heavy (non-hydrogen) atoms. The second-order valence-electron chi connectivity index (χ2n) is 7.76. The Morgan fingerprint density at radius 3 is 2.38 bits per heavy atom. The minimum atomic E-state index is -3.48. The summed E-state index contributed by atoms with van der Waals surface area (Å²) in [6, 6.07) is 15.7. The van der Waals surface area contributed by atoms with Crippen molar-refractivity contribution < 1.29 is 8.42 Å². The summed E-state index contributed by atoms with van der Waals surface area (Å²) >= 11 is 0. The van der Waals surface area contributed by atoms with Gasteiger partial charge in [-0.05, 0) is 62.6 Å². The SMILES string of the molecule is CC1CC2[C@@H](CC(C)N1)c1cc(S(=O)(=O)c3ccccc3)ccc1N2C. The van der Waals surface area contributed by atoms with Gasteiger partial charge in [0, 0.05) is 36.8 Å². The van der Waals surface area contributed by atoms with Crippen LogP contribution in [0.1, 0.15) is 38.2 Å². The third kappa shape index (κ3) is 2.83. The van der Waals surface area contributed by atoms with Crippen LogP contribution in [0.5, 0.6) is 0 Å². The lowest BCUT2D eigenvalue weighted by atomic mass is 9.88. The van der Waals surface area contributed by atoms with Crippen LogP contribution in [0.2, 0.25) is 0 Å². The molecule has 0 spiro atoms. The number of nitrogens with zero attached hydrogens (tertiary/aromatic N) is 1. The molecule has 4 nitrogen and oxygen atoms in total. The van der Waals surface area contributed by atoms with E-state index >= 15 is 0 Å². The van der Waals surface area contributed by atoms with Gasteiger partial charge in [-0.3, -0.25) is 0 Å². The predicted molar refractivity (Wildman–Crippen MR) is 105 cm³/mol. The summed E-state index contributed by atoms with van der Waals surface area (Å²) in [5.74, 6) is 0.369. The van der Waals surface area contributed by atoms with Gasteiger partial charge in [-0.15, -0.1) is 0 Å². The lowest BCUT2D eigenvalue weighted by Crippen LogP contribution is -2.36. The predicted octanol–water partition coefficient (Wildman–Crippen LogP) is 3.58. The molecule has 4 rings (SSSR count). The zero-order chi connectivity index (χ0) is 18.5. The maximum Gasteiger partial charge on any atom is 0.206 e. The number of anilines is 1. The van der Waals surface area contributed by atoms with Crippen LogP contribution in [0.3, 0.4) is 0 Å². The molecule has 2 aromatic rings. The monoisotopic (exact) mass is 370 g/mol. The van der Waals surface area contributed by atoms with Gasteiger partial charge in [-0.1, -0.05) is 18.2 Å². The van der Waals surface area contributed by atoms with Crippen molar-refractivity contribution in [3.8, 4) is 0 Å². The van der Waals surface area contributed by atoms with E-state index in [0.717, 1.165) is 12.8 Å². The molecule has 138 valence electrons. The second kappa shape index (κ2) is 6.39. The molecule has 3 unspecified atom stereocenters. The number of fused-ring (bicyclic) bond motifs is 3. The first-order valence-electron chi connectivity index (χ1n) is 9.31. The van der Waals surface area contributed by atoms with Crippen LogP contribution in [-0.2, 0) is 9.84 Å². The highest BCUT2D eigenvalue weighted by atomic mass is 32.2. The van der Waals surface area contributed by atoms with Gasteiger partial charge in [0.05, 0.1) is 9.79 Å². The normalized spacial score (nSPS) is 28.3. The largest absolute Gasteiger partial charge is 0.371 e. The summed E-state index contributed by atoms with van der Waals surface area (Å²) < 4.78 is 26.1. The molecule has 0 bridgehead atoms. The summed E-state index contributed by atoms with van der Waals surface area (Å²) in [6.07, 6.45) is 2.10. The molecule has 4 atom stereocenters. The topological polar surface area (TPSA) is 49.4 Å². The average molecular weight is 371 g/mol. The van der Waals surface area contributed by atoms with Gasteiger partial charge in [-0.25, -0.2) is 8.42 Å². The van der Waals surface area contributed by atoms with Gasteiger partial charge in [0.15, 0.2) is 0 Å². The summed E-state index contributed by atoms with van der Waals surface area (Å²) in [5.41, 5.74) is 2.35. The van der Waals surface area contributed by atoms with E-state index in [1.807, 2.05) is 18.2 Å². The Morgan fingerprint density at radius 1 is 0.962 bits per heavy atom. The van der Waals surface area contributed by atoms with Crippen molar-refractivity contribution >= 4 is 15.5 Å². The first-order valence-corrected chi connectivity index (χ1v) is 10.8. The van der Waals surface area contributed by atoms with Crippen LogP contribution >= 0.6 is 0 Å². The smallest absolute Gasteiger partial charge is 0.206 e. The Morgan fingerprint density at radius 2 is 1.65 bits per heavy atom. The first kappa shape index (κ1) is 17.6. The van der Waals surface area contributed by atoms with Crippen LogP contribution in [0.25, 0.3) is 0 Å². The third-order valence-corrected chi connectivity index (χ3v) is 7.64. The van der Waals surface area contributed by atoms with E-state index in [1.165, 1.54) is 11.3 Å². The van der Waals surface area contributed by atoms with Crippen LogP contribution in [0.15, 0.2) is 58.3 Å². The highest BCUT2D eigenvalue weighted by Gasteiger charge is 2.40. The summed E-state index contributed by atoms with van der Waals surface area (Å²) in [6.45, 7) is 4.46. The van der Waals surface area contributed by atoms with Crippen LogP contribution < -0.4 is 10.2 Å². The highest BCUT2D eigenvalue weighted by molar-refractivity contribution is 7.91. The Kier molecular flexibility index (Phi) is 4.32. The van der Waals surface area contributed by atoms with Crippen LogP contribution in [0.4, 0.5) is 5.69 Å². The highest BCUT2D eigenvalue weighted by Crippen LogP contribution is 2.46. The summed E-state index contributed by atoms with van der Waals surface area (Å²) in [7, 11) is -1.35. The Bertz CT molecular complexity index is 911. The van der Waals surface area contributed by atoms with Crippen molar-refractivity contribution in [3.63, 3.8) is 0 Å². The molecule has 0 aliphatic carbocycles. The van der Waals surface area contributed by atoms with Crippen molar-refractivity contribution in [3.05, 3.63) is 54.1 Å². The van der Waals surface area contributed by atoms with Crippen molar-refractivity contribution in [2.24, 2.45) is 0 Å². The molecular weight excluding hydrogens is 344 g/mol. The number of benzene rings is 2. The van der Waals surface area contributed by atoms with Gasteiger partial charge in [0.1, 0.15) is 0 Å². The molecule has 2 heterocycles. The molecule has 0 aromatic heterocycles. The Labute approximate surface area is 156 Å². The number of sulfone groups is 1. The molecule has 0 amide bonds. The number of rotatable bonds is 2. The van der Waals surface area contributed by atoms with Gasteiger partial charge in [0.2, 0.25) is 9.84 Å². The minimum absolute atomic E-state index is 0.354. The minimum Gasteiger partial charge on any atom is -0.371 e. The average Bonchev–Trinajstić information content (AvgIpc) is 2.77. The first-order chi connectivity index (χ1) is 12.4. The standard InChI is InChI=1S/C21H26N2O2S/c1-14-11-18-19-13-17(26(24,25)16-7-5-4-6-8-16)9-10-20(19)23(3)21(18)12-15(2)22-14/h4-10,13-15,18,21-22H,11-12H2,1-3H3/t14?,15?,18-,21?/m0/s1. The van der Waals surface area contributed by atoms with Crippen molar-refractivity contribution in [1.29, 1.82) is 0 Å². The maximum absolute atomic E-state index is 13.0. The zero-order valence-corrected chi connectivity index (χ0v) is 16.3. The fraction of sp³-hybridized carbons (Fsp3) is 0.429. The summed E-state index contributed by atoms with van der Waals surface area (Å²) in [5, 5.41) is 3.65. The fourth-order valence-electron chi connectivity index (χ4n) is 4.68. The van der Waals surface area contributed by atoms with E-state index in [1.54, 1.807) is 30.3 Å².